The average Bonchev–Trinajstić information content (AvgIpc) is 2.71. The van der Waals surface area contributed by atoms with Crippen LogP contribution in [0.2, 0.25) is 0 Å². The molecule has 0 bridgehead atoms. The zero-order chi connectivity index (χ0) is 21.9. The zero-order valence-electron chi connectivity index (χ0n) is 19.6. The molecule has 158 valence electrons. The molecule has 0 aliphatic heterocycles. The highest BCUT2D eigenvalue weighted by Crippen LogP contribution is 2.32. The van der Waals surface area contributed by atoms with E-state index in [1.165, 1.54) is 43.2 Å². The maximum atomic E-state index is 3.93. The van der Waals surface area contributed by atoms with Gasteiger partial charge >= 0.3 is 0 Å². The van der Waals surface area contributed by atoms with Crippen LogP contribution in [0.1, 0.15) is 88.8 Å². The highest BCUT2D eigenvalue weighted by molar-refractivity contribution is 5.27. The Morgan fingerprint density at radius 3 is 1.90 bits per heavy atom. The van der Waals surface area contributed by atoms with Crippen molar-refractivity contribution in [2.45, 2.75) is 84.5 Å². The Morgan fingerprint density at radius 2 is 1.45 bits per heavy atom. The van der Waals surface area contributed by atoms with Crippen LogP contribution in [-0.2, 0) is 5.41 Å². The third-order valence-electron chi connectivity index (χ3n) is 5.51. The SMILES string of the molecule is C=CCC.C=c1ccc(C(C)(C)C)cc1=C.Cc1ccc(C2CCCCC2)cc1. The molecule has 1 fully saturated rings. The largest absolute Gasteiger partial charge is 0.103 e. The summed E-state index contributed by atoms with van der Waals surface area (Å²) >= 11 is 0. The van der Waals surface area contributed by atoms with Crippen molar-refractivity contribution in [3.63, 3.8) is 0 Å². The van der Waals surface area contributed by atoms with Crippen LogP contribution in [0.5, 0.6) is 0 Å². The van der Waals surface area contributed by atoms with Crippen LogP contribution in [-0.4, -0.2) is 0 Å². The van der Waals surface area contributed by atoms with E-state index in [2.05, 4.69) is 90.8 Å². The van der Waals surface area contributed by atoms with E-state index in [-0.39, 0.29) is 5.41 Å². The van der Waals surface area contributed by atoms with Gasteiger partial charge in [-0.25, -0.2) is 0 Å². The maximum Gasteiger partial charge on any atom is -0.0132 e. The topological polar surface area (TPSA) is 0 Å². The molecule has 1 aliphatic rings. The summed E-state index contributed by atoms with van der Waals surface area (Å²) in [6, 6.07) is 15.4. The Labute approximate surface area is 180 Å². The van der Waals surface area contributed by atoms with Gasteiger partial charge in [-0.15, -0.1) is 6.58 Å². The van der Waals surface area contributed by atoms with Crippen molar-refractivity contribution in [1.29, 1.82) is 0 Å². The molecule has 2 aromatic carbocycles. The maximum absolute atomic E-state index is 3.93. The lowest BCUT2D eigenvalue weighted by Gasteiger charge is -2.21. The van der Waals surface area contributed by atoms with Crippen molar-refractivity contribution >= 4 is 13.2 Å². The predicted molar refractivity (Wildman–Crippen MR) is 133 cm³/mol. The molecule has 0 unspecified atom stereocenters. The molecular weight excluding hydrogens is 348 g/mol. The predicted octanol–water partition coefficient (Wildman–Crippen LogP) is 7.43. The van der Waals surface area contributed by atoms with E-state index in [1.54, 1.807) is 5.56 Å². The number of hydrogen-bond acceptors (Lipinski definition) is 0. The molecule has 2 aromatic rings. The van der Waals surface area contributed by atoms with E-state index in [4.69, 9.17) is 0 Å². The van der Waals surface area contributed by atoms with E-state index >= 15 is 0 Å². The van der Waals surface area contributed by atoms with Gasteiger partial charge in [-0.1, -0.05) is 114 Å². The molecule has 3 rings (SSSR count). The number of aryl methyl sites for hydroxylation is 1. The first-order valence-electron chi connectivity index (χ1n) is 11.1. The second-order valence-electron chi connectivity index (χ2n) is 9.18. The number of benzene rings is 2. The van der Waals surface area contributed by atoms with Crippen LogP contribution in [0.25, 0.3) is 13.2 Å². The summed E-state index contributed by atoms with van der Waals surface area (Å²) in [5, 5.41) is 2.05. The van der Waals surface area contributed by atoms with Crippen LogP contribution in [0.3, 0.4) is 0 Å². The van der Waals surface area contributed by atoms with Gasteiger partial charge < -0.3 is 0 Å². The van der Waals surface area contributed by atoms with Gasteiger partial charge in [0.05, 0.1) is 0 Å². The quantitative estimate of drug-likeness (QED) is 0.468. The fourth-order valence-electron chi connectivity index (χ4n) is 3.37. The summed E-state index contributed by atoms with van der Waals surface area (Å²) in [7, 11) is 0. The van der Waals surface area contributed by atoms with Crippen molar-refractivity contribution < 1.29 is 0 Å². The Balaban J connectivity index is 0.000000247. The van der Waals surface area contributed by atoms with E-state index in [0.29, 0.717) is 0 Å². The molecular formula is C29H42. The van der Waals surface area contributed by atoms with Crippen LogP contribution in [0.4, 0.5) is 0 Å². The molecule has 0 spiro atoms. The molecule has 0 aromatic heterocycles. The van der Waals surface area contributed by atoms with Gasteiger partial charge in [-0.3, -0.25) is 0 Å². The first-order valence-corrected chi connectivity index (χ1v) is 11.1. The third-order valence-corrected chi connectivity index (χ3v) is 5.51. The van der Waals surface area contributed by atoms with Crippen molar-refractivity contribution in [3.8, 4) is 0 Å². The van der Waals surface area contributed by atoms with E-state index in [0.717, 1.165) is 22.8 Å². The smallest absolute Gasteiger partial charge is 0.0132 e. The van der Waals surface area contributed by atoms with Crippen LogP contribution < -0.4 is 10.4 Å². The molecule has 0 atom stereocenters. The Hall–Kier alpha value is -2.08. The lowest BCUT2D eigenvalue weighted by molar-refractivity contribution is 0.443. The Bertz CT molecular complexity index is 812. The normalized spacial score (nSPS) is 14.1. The standard InChI is InChI=1S/C13H18.C12H16.C4H8/c1-11-7-9-13(10-8-11)12-5-3-2-4-6-12;1-9-6-7-11(8-10(9)2)12(3,4)5;1-3-4-2/h7-10,12H,2-6H2,1H3;6-8H,1-2H2,3-5H3;3H,1,4H2,2H3. The first kappa shape index (κ1) is 25.0. The summed E-state index contributed by atoms with van der Waals surface area (Å²) in [5.74, 6) is 0.856. The fraction of sp³-hybridized carbons (Fsp3) is 0.448. The number of rotatable bonds is 2. The molecule has 0 radical (unpaired) electrons. The molecule has 0 nitrogen and oxygen atoms in total. The molecule has 0 amide bonds. The van der Waals surface area contributed by atoms with E-state index in [9.17, 15) is 0 Å². The van der Waals surface area contributed by atoms with E-state index < -0.39 is 0 Å². The molecule has 29 heavy (non-hydrogen) atoms. The average molecular weight is 391 g/mol. The first-order chi connectivity index (χ1) is 13.7. The van der Waals surface area contributed by atoms with Crippen LogP contribution >= 0.6 is 0 Å². The summed E-state index contributed by atoms with van der Waals surface area (Å²) in [6.07, 6.45) is 10.1. The fourth-order valence-corrected chi connectivity index (χ4v) is 3.37. The highest BCUT2D eigenvalue weighted by Gasteiger charge is 2.14. The van der Waals surface area contributed by atoms with Gasteiger partial charge in [0.15, 0.2) is 0 Å². The molecule has 0 saturated heterocycles. The van der Waals surface area contributed by atoms with Crippen LogP contribution in [0, 0.1) is 6.92 Å². The second kappa shape index (κ2) is 12.5. The number of hydrogen-bond donors (Lipinski definition) is 0. The van der Waals surface area contributed by atoms with Crippen LogP contribution in [0.15, 0.2) is 55.1 Å². The third kappa shape index (κ3) is 9.31. The molecule has 1 aliphatic carbocycles. The number of allylic oxidation sites excluding steroid dienone is 1. The molecule has 0 heterocycles. The minimum Gasteiger partial charge on any atom is -0.103 e. The molecule has 1 saturated carbocycles. The second-order valence-corrected chi connectivity index (χ2v) is 9.18. The monoisotopic (exact) mass is 390 g/mol. The highest BCUT2D eigenvalue weighted by atomic mass is 14.2. The Kier molecular flexibility index (Phi) is 10.7. The van der Waals surface area contributed by atoms with Crippen molar-refractivity contribution in [2.75, 3.05) is 0 Å². The summed E-state index contributed by atoms with van der Waals surface area (Å²) in [4.78, 5) is 0. The van der Waals surface area contributed by atoms with Gasteiger partial charge in [-0.2, -0.15) is 0 Å². The van der Waals surface area contributed by atoms with Gasteiger partial charge in [0, 0.05) is 0 Å². The minimum absolute atomic E-state index is 0.208. The minimum atomic E-state index is 0.208. The van der Waals surface area contributed by atoms with E-state index in [1.807, 2.05) is 12.1 Å². The van der Waals surface area contributed by atoms with Gasteiger partial charge in [0.25, 0.3) is 0 Å². The van der Waals surface area contributed by atoms with Gasteiger partial charge in [-0.05, 0) is 59.1 Å². The van der Waals surface area contributed by atoms with Crippen molar-refractivity contribution in [2.24, 2.45) is 0 Å². The molecule has 0 N–H and O–H groups in total. The van der Waals surface area contributed by atoms with Crippen molar-refractivity contribution in [3.05, 3.63) is 82.2 Å². The lowest BCUT2D eigenvalue weighted by Crippen LogP contribution is -2.24. The summed E-state index contributed by atoms with van der Waals surface area (Å²) < 4.78 is 0. The summed E-state index contributed by atoms with van der Waals surface area (Å²) in [5.41, 5.74) is 4.46. The lowest BCUT2D eigenvalue weighted by atomic mass is 9.84. The molecule has 0 heteroatoms. The summed E-state index contributed by atoms with van der Waals surface area (Å²) in [6.45, 7) is 22.1. The van der Waals surface area contributed by atoms with Gasteiger partial charge in [0.2, 0.25) is 0 Å². The van der Waals surface area contributed by atoms with Gasteiger partial charge in [0.1, 0.15) is 0 Å². The van der Waals surface area contributed by atoms with Crippen molar-refractivity contribution in [1.82, 2.24) is 0 Å². The zero-order valence-corrected chi connectivity index (χ0v) is 19.6. The Morgan fingerprint density at radius 1 is 0.897 bits per heavy atom.